The first-order chi connectivity index (χ1) is 14.0. The Labute approximate surface area is 175 Å². The lowest BCUT2D eigenvalue weighted by Gasteiger charge is -2.27. The van der Waals surface area contributed by atoms with Crippen molar-refractivity contribution in [1.82, 2.24) is 4.90 Å². The van der Waals surface area contributed by atoms with E-state index < -0.39 is 48.6 Å². The summed E-state index contributed by atoms with van der Waals surface area (Å²) in [7, 11) is -6.70. The van der Waals surface area contributed by atoms with Gasteiger partial charge in [-0.2, -0.15) is 30.7 Å². The summed E-state index contributed by atoms with van der Waals surface area (Å²) in [4.78, 5) is 21.1. The molecule has 0 atom stereocenters. The van der Waals surface area contributed by atoms with Crippen molar-refractivity contribution >= 4 is 33.2 Å². The number of benzene rings is 1. The van der Waals surface area contributed by atoms with Gasteiger partial charge in [-0.1, -0.05) is 0 Å². The zero-order valence-electron chi connectivity index (χ0n) is 15.8. The van der Waals surface area contributed by atoms with Crippen LogP contribution in [0.4, 0.5) is 36.4 Å². The number of carbonyl (C=O) groups is 1. The van der Waals surface area contributed by atoms with Gasteiger partial charge in [-0.15, -0.1) is 11.8 Å². The summed E-state index contributed by atoms with van der Waals surface area (Å²) in [5, 5.41) is 4.54. The number of amides is 1. The summed E-state index contributed by atoms with van der Waals surface area (Å²) in [5.41, 5.74) is -1.16. The van der Waals surface area contributed by atoms with Gasteiger partial charge in [-0.3, -0.25) is 14.9 Å². The van der Waals surface area contributed by atoms with E-state index in [2.05, 4.69) is 0 Å². The highest BCUT2D eigenvalue weighted by Gasteiger charge is 2.78. The van der Waals surface area contributed by atoms with Gasteiger partial charge < -0.3 is 4.90 Å². The first-order valence-corrected chi connectivity index (χ1v) is 10.7. The molecule has 0 spiro atoms. The lowest BCUT2D eigenvalue weighted by Crippen LogP contribution is -2.55. The fourth-order valence-electron chi connectivity index (χ4n) is 2.22. The van der Waals surface area contributed by atoms with Crippen LogP contribution in [0, 0.1) is 10.1 Å². The molecule has 0 saturated carbocycles. The van der Waals surface area contributed by atoms with Crippen molar-refractivity contribution in [2.75, 3.05) is 18.8 Å². The smallest absolute Gasteiger partial charge is 0.343 e. The molecule has 1 aromatic carbocycles. The van der Waals surface area contributed by atoms with Crippen LogP contribution in [0.5, 0.6) is 0 Å². The SMILES string of the molecule is CCN(CC)C(=O)CSc1ccc(S(=O)(=O)C(F)(F)C(F)(F)C(F)(F)F)cc1[N+](=O)[O-]. The summed E-state index contributed by atoms with van der Waals surface area (Å²) in [6, 6.07) is 0.750. The Bertz CT molecular complexity index is 948. The summed E-state index contributed by atoms with van der Waals surface area (Å²) >= 11 is 0.536. The molecule has 0 bridgehead atoms. The van der Waals surface area contributed by atoms with Gasteiger partial charge in [0.2, 0.25) is 5.91 Å². The largest absolute Gasteiger partial charge is 0.461 e. The van der Waals surface area contributed by atoms with Crippen LogP contribution >= 0.6 is 11.8 Å². The summed E-state index contributed by atoms with van der Waals surface area (Å²) in [6.45, 7) is 3.95. The average Bonchev–Trinajstić information content (AvgIpc) is 2.65. The van der Waals surface area contributed by atoms with Crippen LogP contribution in [-0.4, -0.2) is 60.3 Å². The van der Waals surface area contributed by atoms with Gasteiger partial charge in [0, 0.05) is 19.2 Å². The second-order valence-electron chi connectivity index (χ2n) is 5.83. The molecule has 0 saturated heterocycles. The van der Waals surface area contributed by atoms with Crippen LogP contribution < -0.4 is 0 Å². The minimum atomic E-state index is -6.96. The van der Waals surface area contributed by atoms with Gasteiger partial charge in [-0.05, 0) is 26.0 Å². The third-order valence-electron chi connectivity index (χ3n) is 3.96. The van der Waals surface area contributed by atoms with Gasteiger partial charge in [0.15, 0.2) is 0 Å². The fraction of sp³-hybridized carbons (Fsp3) is 0.533. The fourth-order valence-corrected chi connectivity index (χ4v) is 4.39. The number of hydrogen-bond acceptors (Lipinski definition) is 6. The van der Waals surface area contributed by atoms with E-state index in [1.807, 2.05) is 0 Å². The van der Waals surface area contributed by atoms with Gasteiger partial charge in [0.1, 0.15) is 0 Å². The standard InChI is InChI=1S/C15H15F7N2O5S2/c1-3-23(4-2)12(25)8-30-11-6-5-9(7-10(11)24(26)27)31(28,29)15(21,22)13(16,17)14(18,19)20/h5-7H,3-4,8H2,1-2H3. The first kappa shape index (κ1) is 26.9. The van der Waals surface area contributed by atoms with Crippen molar-refractivity contribution in [2.45, 2.75) is 41.0 Å². The molecule has 0 radical (unpaired) electrons. The van der Waals surface area contributed by atoms with Crippen LogP contribution in [-0.2, 0) is 14.6 Å². The van der Waals surface area contributed by atoms with Gasteiger partial charge in [0.05, 0.1) is 20.5 Å². The number of sulfone groups is 1. The molecular formula is C15H15F7N2O5S2. The Morgan fingerprint density at radius 2 is 1.61 bits per heavy atom. The van der Waals surface area contributed by atoms with Crippen molar-refractivity contribution in [2.24, 2.45) is 0 Å². The third-order valence-corrected chi connectivity index (χ3v) is 6.82. The molecule has 176 valence electrons. The molecule has 7 nitrogen and oxygen atoms in total. The highest BCUT2D eigenvalue weighted by Crippen LogP contribution is 2.51. The topological polar surface area (TPSA) is 97.6 Å². The van der Waals surface area contributed by atoms with Gasteiger partial charge >= 0.3 is 17.4 Å². The molecule has 0 aromatic heterocycles. The predicted molar refractivity (Wildman–Crippen MR) is 94.9 cm³/mol. The Morgan fingerprint density at radius 3 is 2.03 bits per heavy atom. The van der Waals surface area contributed by atoms with Crippen LogP contribution in [0.2, 0.25) is 0 Å². The number of nitro benzene ring substituents is 1. The zero-order chi connectivity index (χ0) is 24.4. The highest BCUT2D eigenvalue weighted by atomic mass is 32.2. The van der Waals surface area contributed by atoms with Crippen molar-refractivity contribution in [3.05, 3.63) is 28.3 Å². The second kappa shape index (κ2) is 9.18. The molecule has 0 N–H and O–H groups in total. The van der Waals surface area contributed by atoms with Crippen molar-refractivity contribution in [1.29, 1.82) is 0 Å². The normalized spacial score (nSPS) is 13.2. The van der Waals surface area contributed by atoms with E-state index >= 15 is 0 Å². The molecule has 0 aliphatic rings. The second-order valence-corrected chi connectivity index (χ2v) is 8.84. The van der Waals surface area contributed by atoms with Gasteiger partial charge in [-0.25, -0.2) is 8.42 Å². The summed E-state index contributed by atoms with van der Waals surface area (Å²) < 4.78 is 114. The highest BCUT2D eigenvalue weighted by molar-refractivity contribution is 8.00. The molecule has 1 amide bonds. The van der Waals surface area contributed by atoms with Crippen LogP contribution in [0.25, 0.3) is 0 Å². The van der Waals surface area contributed by atoms with E-state index in [1.165, 1.54) is 4.90 Å². The van der Waals surface area contributed by atoms with E-state index in [0.29, 0.717) is 30.9 Å². The Morgan fingerprint density at radius 1 is 1.10 bits per heavy atom. The first-order valence-electron chi connectivity index (χ1n) is 8.21. The maximum atomic E-state index is 13.7. The van der Waals surface area contributed by atoms with Crippen LogP contribution in [0.15, 0.2) is 28.0 Å². The maximum Gasteiger partial charge on any atom is 0.461 e. The number of rotatable bonds is 9. The van der Waals surface area contributed by atoms with E-state index in [-0.39, 0.29) is 22.8 Å². The molecule has 1 rings (SSSR count). The van der Waals surface area contributed by atoms with Crippen LogP contribution in [0.1, 0.15) is 13.8 Å². The predicted octanol–water partition coefficient (Wildman–Crippen LogP) is 4.12. The van der Waals surface area contributed by atoms with Crippen molar-refractivity contribution in [3.63, 3.8) is 0 Å². The third kappa shape index (κ3) is 5.05. The monoisotopic (exact) mass is 500 g/mol. The minimum Gasteiger partial charge on any atom is -0.343 e. The van der Waals surface area contributed by atoms with Crippen LogP contribution in [0.3, 0.4) is 0 Å². The number of thioether (sulfide) groups is 1. The van der Waals surface area contributed by atoms with E-state index in [1.54, 1.807) is 13.8 Å². The van der Waals surface area contributed by atoms with E-state index in [4.69, 9.17) is 0 Å². The summed E-state index contributed by atoms with van der Waals surface area (Å²) in [5.74, 6) is -7.79. The molecule has 16 heteroatoms. The van der Waals surface area contributed by atoms with Crippen molar-refractivity contribution in [3.8, 4) is 0 Å². The lowest BCUT2D eigenvalue weighted by atomic mass is 10.3. The van der Waals surface area contributed by atoms with E-state index in [9.17, 15) is 54.1 Å². The average molecular weight is 500 g/mol. The Hall–Kier alpha value is -2.10. The minimum absolute atomic E-state index is 0.0556. The number of hydrogen-bond donors (Lipinski definition) is 0. The number of alkyl halides is 7. The van der Waals surface area contributed by atoms with Crippen molar-refractivity contribution < 1.29 is 48.9 Å². The molecule has 0 aliphatic heterocycles. The lowest BCUT2D eigenvalue weighted by molar-refractivity contribution is -0.388. The quantitative estimate of drug-likeness (QED) is 0.219. The molecule has 0 aliphatic carbocycles. The summed E-state index contributed by atoms with van der Waals surface area (Å²) in [6.07, 6.45) is -6.91. The zero-order valence-corrected chi connectivity index (χ0v) is 17.4. The number of nitro groups is 1. The molecule has 31 heavy (non-hydrogen) atoms. The molecule has 0 heterocycles. The molecule has 1 aromatic rings. The number of halogens is 7. The number of carbonyl (C=O) groups excluding carboxylic acids is 1. The molecule has 0 unspecified atom stereocenters. The number of nitrogens with zero attached hydrogens (tertiary/aromatic N) is 2. The Balaban J connectivity index is 3.40. The van der Waals surface area contributed by atoms with Gasteiger partial charge in [0.25, 0.3) is 15.5 Å². The molecular weight excluding hydrogens is 485 g/mol. The Kier molecular flexibility index (Phi) is 7.97. The maximum absolute atomic E-state index is 13.7. The van der Waals surface area contributed by atoms with E-state index in [0.717, 1.165) is 0 Å². The molecule has 0 fully saturated rings.